The normalized spacial score (nSPS) is 12.3. The highest BCUT2D eigenvalue weighted by atomic mass is 19.1. The van der Waals surface area contributed by atoms with Crippen molar-refractivity contribution in [1.29, 1.82) is 0 Å². The Bertz CT molecular complexity index is 807. The summed E-state index contributed by atoms with van der Waals surface area (Å²) in [6, 6.07) is 15.8. The smallest absolute Gasteiger partial charge is 0.227 e. The highest BCUT2D eigenvalue weighted by Crippen LogP contribution is 2.27. The molecule has 1 aromatic heterocycles. The number of nitrogens with zero attached hydrogens (tertiary/aromatic N) is 1. The van der Waals surface area contributed by atoms with E-state index in [0.29, 0.717) is 5.56 Å². The van der Waals surface area contributed by atoms with Crippen molar-refractivity contribution in [1.82, 2.24) is 4.90 Å². The van der Waals surface area contributed by atoms with E-state index in [2.05, 4.69) is 0 Å². The van der Waals surface area contributed by atoms with Gasteiger partial charge in [0.05, 0.1) is 12.5 Å². The van der Waals surface area contributed by atoms with Crippen LogP contribution in [0.4, 0.5) is 4.39 Å². The highest BCUT2D eigenvalue weighted by molar-refractivity contribution is 5.80. The summed E-state index contributed by atoms with van der Waals surface area (Å²) in [5, 5.41) is 1.00. The van der Waals surface area contributed by atoms with Crippen molar-refractivity contribution in [3.63, 3.8) is 0 Å². The summed E-state index contributed by atoms with van der Waals surface area (Å²) in [5.41, 5.74) is 1.20. The summed E-state index contributed by atoms with van der Waals surface area (Å²) < 4.78 is 19.5. The number of likely N-dealkylation sites (N-methyl/N-ethyl adjacent to an activating group) is 1. The minimum Gasteiger partial charge on any atom is -0.459 e. The lowest BCUT2D eigenvalue weighted by molar-refractivity contribution is -0.131. The fraction of sp³-hybridized carbons (Fsp3) is 0.211. The number of rotatable bonds is 4. The standard InChI is InChI=1S/C19H18FNO2/c1-13(18-11-15-8-4-6-10-17(15)23-18)21(2)19(22)12-14-7-3-5-9-16(14)20/h3-11,13H,12H2,1-2H3. The lowest BCUT2D eigenvalue weighted by Gasteiger charge is -2.23. The number of benzene rings is 2. The SMILES string of the molecule is CC(c1cc2ccccc2o1)N(C)C(=O)Cc1ccccc1F. The first-order valence-corrected chi connectivity index (χ1v) is 7.54. The van der Waals surface area contributed by atoms with Crippen LogP contribution in [0.25, 0.3) is 11.0 Å². The van der Waals surface area contributed by atoms with Crippen molar-refractivity contribution in [3.05, 3.63) is 71.7 Å². The molecule has 0 saturated heterocycles. The van der Waals surface area contributed by atoms with Gasteiger partial charge in [-0.2, -0.15) is 0 Å². The van der Waals surface area contributed by atoms with Gasteiger partial charge in [-0.05, 0) is 30.7 Å². The molecule has 2 aromatic carbocycles. The topological polar surface area (TPSA) is 33.5 Å². The molecule has 1 amide bonds. The van der Waals surface area contributed by atoms with E-state index in [1.54, 1.807) is 30.1 Å². The maximum absolute atomic E-state index is 13.7. The summed E-state index contributed by atoms with van der Waals surface area (Å²) >= 11 is 0. The van der Waals surface area contributed by atoms with E-state index >= 15 is 0 Å². The Kier molecular flexibility index (Phi) is 4.15. The summed E-state index contributed by atoms with van der Waals surface area (Å²) in [7, 11) is 1.71. The van der Waals surface area contributed by atoms with Crippen molar-refractivity contribution >= 4 is 16.9 Å². The Morgan fingerprint density at radius 1 is 1.17 bits per heavy atom. The van der Waals surface area contributed by atoms with Gasteiger partial charge in [-0.15, -0.1) is 0 Å². The molecule has 1 unspecified atom stereocenters. The molecule has 0 aliphatic rings. The highest BCUT2D eigenvalue weighted by Gasteiger charge is 2.21. The largest absolute Gasteiger partial charge is 0.459 e. The molecule has 0 spiro atoms. The summed E-state index contributed by atoms with van der Waals surface area (Å²) in [4.78, 5) is 14.0. The van der Waals surface area contributed by atoms with Crippen LogP contribution < -0.4 is 0 Å². The van der Waals surface area contributed by atoms with Gasteiger partial charge < -0.3 is 9.32 Å². The molecule has 0 radical (unpaired) electrons. The van der Waals surface area contributed by atoms with Crippen molar-refractivity contribution in [2.75, 3.05) is 7.05 Å². The van der Waals surface area contributed by atoms with Gasteiger partial charge in [-0.25, -0.2) is 4.39 Å². The number of halogens is 1. The Labute approximate surface area is 134 Å². The predicted molar refractivity (Wildman–Crippen MR) is 87.5 cm³/mol. The minimum atomic E-state index is -0.356. The summed E-state index contributed by atoms with van der Waals surface area (Å²) in [6.45, 7) is 1.90. The van der Waals surface area contributed by atoms with Gasteiger partial charge in [-0.1, -0.05) is 36.4 Å². The minimum absolute atomic E-state index is 0.0355. The first kappa shape index (κ1) is 15.3. The van der Waals surface area contributed by atoms with Gasteiger partial charge in [0.2, 0.25) is 5.91 Å². The van der Waals surface area contributed by atoms with Crippen molar-refractivity contribution in [2.24, 2.45) is 0 Å². The number of hydrogen-bond acceptors (Lipinski definition) is 2. The Morgan fingerprint density at radius 3 is 2.61 bits per heavy atom. The van der Waals surface area contributed by atoms with Crippen LogP contribution in [0.2, 0.25) is 0 Å². The number of para-hydroxylation sites is 1. The zero-order valence-electron chi connectivity index (χ0n) is 13.1. The van der Waals surface area contributed by atoms with Gasteiger partial charge in [0.25, 0.3) is 0 Å². The van der Waals surface area contributed by atoms with E-state index in [0.717, 1.165) is 16.7 Å². The van der Waals surface area contributed by atoms with E-state index in [1.165, 1.54) is 6.07 Å². The van der Waals surface area contributed by atoms with Gasteiger partial charge in [0.1, 0.15) is 17.2 Å². The van der Waals surface area contributed by atoms with Crippen LogP contribution in [0.5, 0.6) is 0 Å². The van der Waals surface area contributed by atoms with Gasteiger partial charge in [-0.3, -0.25) is 4.79 Å². The number of amides is 1. The van der Waals surface area contributed by atoms with Crippen molar-refractivity contribution in [2.45, 2.75) is 19.4 Å². The van der Waals surface area contributed by atoms with E-state index in [4.69, 9.17) is 4.42 Å². The fourth-order valence-corrected chi connectivity index (χ4v) is 2.54. The summed E-state index contributed by atoms with van der Waals surface area (Å²) in [6.07, 6.45) is 0.0355. The molecule has 0 aliphatic carbocycles. The molecule has 3 rings (SSSR count). The third kappa shape index (κ3) is 3.11. The Hall–Kier alpha value is -2.62. The van der Waals surface area contributed by atoms with Gasteiger partial charge in [0, 0.05) is 12.4 Å². The number of carbonyl (C=O) groups is 1. The molecule has 1 atom stereocenters. The second-order valence-corrected chi connectivity index (χ2v) is 5.64. The molecule has 0 saturated carbocycles. The second kappa shape index (κ2) is 6.24. The van der Waals surface area contributed by atoms with Crippen LogP contribution in [0, 0.1) is 5.82 Å². The number of furan rings is 1. The van der Waals surface area contributed by atoms with E-state index in [1.807, 2.05) is 37.3 Å². The van der Waals surface area contributed by atoms with Crippen molar-refractivity contribution in [3.8, 4) is 0 Å². The second-order valence-electron chi connectivity index (χ2n) is 5.64. The zero-order chi connectivity index (χ0) is 16.4. The average Bonchev–Trinajstić information content (AvgIpc) is 2.99. The van der Waals surface area contributed by atoms with Crippen LogP contribution in [-0.4, -0.2) is 17.9 Å². The zero-order valence-corrected chi connectivity index (χ0v) is 13.1. The Balaban J connectivity index is 1.77. The molecule has 1 heterocycles. The molecular formula is C19H18FNO2. The molecule has 0 bridgehead atoms. The third-order valence-corrected chi connectivity index (χ3v) is 4.13. The third-order valence-electron chi connectivity index (χ3n) is 4.13. The van der Waals surface area contributed by atoms with Gasteiger partial charge >= 0.3 is 0 Å². The molecule has 3 nitrogen and oxygen atoms in total. The van der Waals surface area contributed by atoms with Crippen LogP contribution >= 0.6 is 0 Å². The molecule has 118 valence electrons. The van der Waals surface area contributed by atoms with E-state index in [9.17, 15) is 9.18 Å². The molecule has 0 N–H and O–H groups in total. The maximum atomic E-state index is 13.7. The number of fused-ring (bicyclic) bond motifs is 1. The molecule has 23 heavy (non-hydrogen) atoms. The molecule has 0 fully saturated rings. The average molecular weight is 311 g/mol. The quantitative estimate of drug-likeness (QED) is 0.718. The van der Waals surface area contributed by atoms with Crippen LogP contribution in [0.3, 0.4) is 0 Å². The van der Waals surface area contributed by atoms with E-state index < -0.39 is 0 Å². The molecular weight excluding hydrogens is 293 g/mol. The fourth-order valence-electron chi connectivity index (χ4n) is 2.54. The number of hydrogen-bond donors (Lipinski definition) is 0. The van der Waals surface area contributed by atoms with Crippen LogP contribution in [0.1, 0.15) is 24.3 Å². The van der Waals surface area contributed by atoms with Crippen molar-refractivity contribution < 1.29 is 13.6 Å². The number of carbonyl (C=O) groups excluding carboxylic acids is 1. The molecule has 4 heteroatoms. The lowest BCUT2D eigenvalue weighted by Crippen LogP contribution is -2.31. The lowest BCUT2D eigenvalue weighted by atomic mass is 10.1. The molecule has 0 aliphatic heterocycles. The predicted octanol–water partition coefficient (Wildman–Crippen LogP) is 4.33. The van der Waals surface area contributed by atoms with Crippen LogP contribution in [-0.2, 0) is 11.2 Å². The molecule has 3 aromatic rings. The van der Waals surface area contributed by atoms with E-state index in [-0.39, 0.29) is 24.2 Å². The van der Waals surface area contributed by atoms with Gasteiger partial charge in [0.15, 0.2) is 0 Å². The van der Waals surface area contributed by atoms with Crippen LogP contribution in [0.15, 0.2) is 59.0 Å². The first-order valence-electron chi connectivity index (χ1n) is 7.54. The maximum Gasteiger partial charge on any atom is 0.227 e. The Morgan fingerprint density at radius 2 is 1.87 bits per heavy atom. The monoisotopic (exact) mass is 311 g/mol. The first-order chi connectivity index (χ1) is 11.1. The summed E-state index contributed by atoms with van der Waals surface area (Å²) in [5.74, 6) is 0.212.